The summed E-state index contributed by atoms with van der Waals surface area (Å²) in [7, 11) is 0. The SMILES string of the molecule is O=C1/C(=C/c2ccccc2-c2cn(C(c3ccccc3)(c3ccccc3)c3ccccc3)cn2)CC1OCc1ccccc1. The van der Waals surface area contributed by atoms with Crippen molar-refractivity contribution in [3.05, 3.63) is 192 Å². The summed E-state index contributed by atoms with van der Waals surface area (Å²) in [5, 5.41) is 0. The van der Waals surface area contributed by atoms with E-state index in [9.17, 15) is 4.79 Å². The number of aromatic nitrogens is 2. The highest BCUT2D eigenvalue weighted by Crippen LogP contribution is 2.42. The summed E-state index contributed by atoms with van der Waals surface area (Å²) in [5.74, 6) is 0.0533. The Hall–Kier alpha value is -5.32. The van der Waals surface area contributed by atoms with Crippen molar-refractivity contribution < 1.29 is 9.53 Å². The molecule has 0 saturated heterocycles. The van der Waals surface area contributed by atoms with Gasteiger partial charge in [-0.05, 0) is 33.9 Å². The third kappa shape index (κ3) is 5.10. The molecule has 0 radical (unpaired) electrons. The zero-order valence-corrected chi connectivity index (χ0v) is 24.3. The van der Waals surface area contributed by atoms with Crippen LogP contribution in [0.4, 0.5) is 0 Å². The van der Waals surface area contributed by atoms with Gasteiger partial charge in [0.2, 0.25) is 0 Å². The van der Waals surface area contributed by atoms with Crippen LogP contribution in [0.5, 0.6) is 0 Å². The average molecular weight is 573 g/mol. The van der Waals surface area contributed by atoms with Crippen LogP contribution >= 0.6 is 0 Å². The first-order valence-electron chi connectivity index (χ1n) is 14.9. The van der Waals surface area contributed by atoms with Crippen LogP contribution in [0.1, 0.15) is 34.2 Å². The minimum atomic E-state index is -0.643. The van der Waals surface area contributed by atoms with Crippen molar-refractivity contribution >= 4 is 11.9 Å². The van der Waals surface area contributed by atoms with Gasteiger partial charge in [-0.3, -0.25) is 4.79 Å². The van der Waals surface area contributed by atoms with Crippen molar-refractivity contribution in [2.24, 2.45) is 0 Å². The number of imidazole rings is 1. The molecule has 4 heteroatoms. The number of hydrogen-bond acceptors (Lipinski definition) is 3. The minimum absolute atomic E-state index is 0.0533. The largest absolute Gasteiger partial charge is 0.365 e. The van der Waals surface area contributed by atoms with Gasteiger partial charge in [0.25, 0.3) is 0 Å². The monoisotopic (exact) mass is 572 g/mol. The van der Waals surface area contributed by atoms with Crippen molar-refractivity contribution in [2.75, 3.05) is 0 Å². The fourth-order valence-electron chi connectivity index (χ4n) is 6.18. The van der Waals surface area contributed by atoms with E-state index < -0.39 is 11.6 Å². The fraction of sp³-hybridized carbons (Fsp3) is 0.100. The summed E-state index contributed by atoms with van der Waals surface area (Å²) < 4.78 is 8.14. The number of rotatable bonds is 9. The van der Waals surface area contributed by atoms with Crippen LogP contribution in [0.15, 0.2) is 164 Å². The highest BCUT2D eigenvalue weighted by atomic mass is 16.5. The lowest BCUT2D eigenvalue weighted by molar-refractivity contribution is -0.133. The smallest absolute Gasteiger partial charge is 0.188 e. The van der Waals surface area contributed by atoms with Gasteiger partial charge < -0.3 is 9.30 Å². The van der Waals surface area contributed by atoms with E-state index in [0.29, 0.717) is 13.0 Å². The van der Waals surface area contributed by atoms with Crippen LogP contribution in [0.25, 0.3) is 17.3 Å². The molecule has 1 fully saturated rings. The van der Waals surface area contributed by atoms with E-state index in [1.54, 1.807) is 0 Å². The Labute approximate surface area is 257 Å². The van der Waals surface area contributed by atoms with Gasteiger partial charge in [0.15, 0.2) is 5.78 Å². The minimum Gasteiger partial charge on any atom is -0.365 e. The molecule has 4 nitrogen and oxygen atoms in total. The molecule has 7 rings (SSSR count). The summed E-state index contributed by atoms with van der Waals surface area (Å²) in [6.45, 7) is 0.435. The van der Waals surface area contributed by atoms with Gasteiger partial charge in [-0.25, -0.2) is 4.98 Å². The van der Waals surface area contributed by atoms with E-state index in [1.807, 2.05) is 79.1 Å². The number of hydrogen-bond donors (Lipinski definition) is 0. The van der Waals surface area contributed by atoms with E-state index in [-0.39, 0.29) is 5.78 Å². The lowest BCUT2D eigenvalue weighted by Gasteiger charge is -2.37. The third-order valence-corrected chi connectivity index (χ3v) is 8.42. The van der Waals surface area contributed by atoms with Gasteiger partial charge in [-0.15, -0.1) is 0 Å². The van der Waals surface area contributed by atoms with E-state index in [2.05, 4.69) is 89.6 Å². The molecule has 1 aliphatic rings. The fourth-order valence-corrected chi connectivity index (χ4v) is 6.18. The molecule has 1 heterocycles. The second-order valence-electron chi connectivity index (χ2n) is 11.1. The molecule has 0 aliphatic heterocycles. The van der Waals surface area contributed by atoms with Crippen LogP contribution < -0.4 is 0 Å². The van der Waals surface area contributed by atoms with Gasteiger partial charge in [0.05, 0.1) is 18.6 Å². The van der Waals surface area contributed by atoms with Gasteiger partial charge >= 0.3 is 0 Å². The molecule has 0 spiro atoms. The molecule has 1 unspecified atom stereocenters. The number of ketones is 1. The maximum atomic E-state index is 13.0. The topological polar surface area (TPSA) is 44.1 Å². The quantitative estimate of drug-likeness (QED) is 0.129. The van der Waals surface area contributed by atoms with Crippen LogP contribution in [-0.2, 0) is 21.7 Å². The third-order valence-electron chi connectivity index (χ3n) is 8.42. The summed E-state index contributed by atoms with van der Waals surface area (Å²) in [4.78, 5) is 18.0. The van der Waals surface area contributed by atoms with Crippen molar-refractivity contribution in [2.45, 2.75) is 24.7 Å². The molecule has 0 amide bonds. The maximum Gasteiger partial charge on any atom is 0.188 e. The molecule has 1 atom stereocenters. The number of nitrogens with zero attached hydrogens (tertiary/aromatic N) is 2. The molecule has 44 heavy (non-hydrogen) atoms. The van der Waals surface area contributed by atoms with Crippen molar-refractivity contribution in [3.63, 3.8) is 0 Å². The number of carbonyl (C=O) groups excluding carboxylic acids is 1. The number of ether oxygens (including phenoxy) is 1. The van der Waals surface area contributed by atoms with Crippen molar-refractivity contribution in [1.82, 2.24) is 9.55 Å². The Bertz CT molecular complexity index is 1800. The van der Waals surface area contributed by atoms with Crippen LogP contribution in [-0.4, -0.2) is 21.4 Å². The lowest BCUT2D eigenvalue weighted by Crippen LogP contribution is -2.37. The van der Waals surface area contributed by atoms with Gasteiger partial charge in [0, 0.05) is 23.8 Å². The normalized spacial score (nSPS) is 15.7. The lowest BCUT2D eigenvalue weighted by atomic mass is 9.76. The first-order chi connectivity index (χ1) is 21.7. The van der Waals surface area contributed by atoms with Crippen LogP contribution in [0.3, 0.4) is 0 Å². The second-order valence-corrected chi connectivity index (χ2v) is 11.1. The van der Waals surface area contributed by atoms with Crippen LogP contribution in [0.2, 0.25) is 0 Å². The molecule has 1 aliphatic carbocycles. The van der Waals surface area contributed by atoms with E-state index in [1.165, 1.54) is 0 Å². The highest BCUT2D eigenvalue weighted by Gasteiger charge is 2.39. The number of benzene rings is 5. The molecule has 0 bridgehead atoms. The van der Waals surface area contributed by atoms with Crippen LogP contribution in [0, 0.1) is 0 Å². The molecule has 0 N–H and O–H groups in total. The molecule has 6 aromatic rings. The predicted octanol–water partition coefficient (Wildman–Crippen LogP) is 8.33. The molecule has 5 aromatic carbocycles. The number of carbonyl (C=O) groups is 1. The Morgan fingerprint density at radius 2 is 1.23 bits per heavy atom. The van der Waals surface area contributed by atoms with Crippen molar-refractivity contribution in [1.29, 1.82) is 0 Å². The highest BCUT2D eigenvalue weighted by molar-refractivity contribution is 6.09. The summed E-state index contributed by atoms with van der Waals surface area (Å²) >= 11 is 0. The summed E-state index contributed by atoms with van der Waals surface area (Å²) in [6.07, 6.45) is 6.26. The Morgan fingerprint density at radius 3 is 1.80 bits per heavy atom. The summed E-state index contributed by atoms with van der Waals surface area (Å²) in [6, 6.07) is 49.8. The average Bonchev–Trinajstić information content (AvgIpc) is 3.59. The Morgan fingerprint density at radius 1 is 0.705 bits per heavy atom. The summed E-state index contributed by atoms with van der Waals surface area (Å²) in [5.41, 5.74) is 7.40. The molecular weight excluding hydrogens is 540 g/mol. The first-order valence-corrected chi connectivity index (χ1v) is 14.9. The maximum absolute atomic E-state index is 13.0. The standard InChI is InChI=1S/C40H32N2O2/c43-39-32(26-38(39)44-28-30-15-5-1-6-16-30)25-31-17-13-14-24-36(31)37-27-42(29-41-37)40(33-18-7-2-8-19-33,34-20-9-3-10-21-34)35-22-11-4-12-23-35/h1-25,27,29,38H,26,28H2/b32-25+. The van der Waals surface area contributed by atoms with Gasteiger partial charge in [0.1, 0.15) is 11.6 Å². The first kappa shape index (κ1) is 27.5. The predicted molar refractivity (Wildman–Crippen MR) is 175 cm³/mol. The van der Waals surface area contributed by atoms with Gasteiger partial charge in [-0.2, -0.15) is 0 Å². The van der Waals surface area contributed by atoms with E-state index in [4.69, 9.17) is 9.72 Å². The zero-order chi connectivity index (χ0) is 29.8. The second kappa shape index (κ2) is 12.1. The van der Waals surface area contributed by atoms with Gasteiger partial charge in [-0.1, -0.05) is 146 Å². The zero-order valence-electron chi connectivity index (χ0n) is 24.3. The van der Waals surface area contributed by atoms with E-state index in [0.717, 1.165) is 44.6 Å². The van der Waals surface area contributed by atoms with Crippen molar-refractivity contribution in [3.8, 4) is 11.3 Å². The molecule has 214 valence electrons. The number of Topliss-reactive ketones (excluding diaryl/α,β-unsaturated/α-hetero) is 1. The molecule has 1 saturated carbocycles. The van der Waals surface area contributed by atoms with E-state index >= 15 is 0 Å². The molecular formula is C40H32N2O2. The Kier molecular flexibility index (Phi) is 7.58. The molecule has 1 aromatic heterocycles. The Balaban J connectivity index is 1.25.